The molecule has 35 heavy (non-hydrogen) atoms. The van der Waals surface area contributed by atoms with E-state index in [-0.39, 0.29) is 12.0 Å². The van der Waals surface area contributed by atoms with Gasteiger partial charge >= 0.3 is 0 Å². The predicted molar refractivity (Wildman–Crippen MR) is 131 cm³/mol. The van der Waals surface area contributed by atoms with Gasteiger partial charge in [0.1, 0.15) is 29.7 Å². The number of benzene rings is 1. The molecule has 3 heterocycles. The molecule has 1 aliphatic rings. The van der Waals surface area contributed by atoms with Crippen LogP contribution in [0.4, 0.5) is 20.4 Å². The first-order valence-electron chi connectivity index (χ1n) is 11.7. The van der Waals surface area contributed by atoms with Crippen LogP contribution in [0.1, 0.15) is 24.4 Å². The molecule has 4 aromatic rings. The zero-order valence-electron chi connectivity index (χ0n) is 19.3. The molecule has 0 bridgehead atoms. The Morgan fingerprint density at radius 1 is 1.11 bits per heavy atom. The number of aliphatic hydroxyl groups excluding tert-OH is 2. The van der Waals surface area contributed by atoms with Gasteiger partial charge in [-0.3, -0.25) is 0 Å². The number of aliphatic hydroxyl groups is 2. The first-order chi connectivity index (χ1) is 16.9. The number of nitrogens with one attached hydrogen (secondary N) is 2. The fraction of sp³-hybridized carbons (Fsp3) is 0.400. The Balaban J connectivity index is 1.29. The van der Waals surface area contributed by atoms with Gasteiger partial charge < -0.3 is 25.4 Å². The smallest absolute Gasteiger partial charge is 0.255 e. The predicted octanol–water partition coefficient (Wildman–Crippen LogP) is 3.61. The van der Waals surface area contributed by atoms with Crippen LogP contribution in [-0.2, 0) is 6.42 Å². The zero-order chi connectivity index (χ0) is 24.5. The average Bonchev–Trinajstić information content (AvgIpc) is 3.41. The molecule has 0 unspecified atom stereocenters. The third-order valence-electron chi connectivity index (χ3n) is 6.87. The van der Waals surface area contributed by atoms with Crippen molar-refractivity contribution in [2.24, 2.45) is 5.92 Å². The summed E-state index contributed by atoms with van der Waals surface area (Å²) in [6.45, 7) is -0.444. The third-order valence-corrected chi connectivity index (χ3v) is 6.87. The van der Waals surface area contributed by atoms with Crippen molar-refractivity contribution in [3.8, 4) is 0 Å². The van der Waals surface area contributed by atoms with Crippen molar-refractivity contribution in [2.75, 3.05) is 24.2 Å². The van der Waals surface area contributed by atoms with Gasteiger partial charge in [0.05, 0.1) is 29.6 Å². The highest BCUT2D eigenvalue weighted by Gasteiger charge is 2.42. The number of hydrogen-bond donors (Lipinski definition) is 4. The maximum absolute atomic E-state index is 12.5. The standard InChI is InChI=1S/C25H28F2N6O2/c1-28-24-17-8-9-33(25(17)31-13-30-24)19-11-16(22(34)23(19)35)5-3-14-2-4-15-6-7-21(29-12-20(26)27)32-18(15)10-14/h2,4,6-10,13,16,19-20,22-23,34-35H,3,5,11-12H2,1H3,(H,29,32)(H,28,30,31)/t16-,19+,22+,23-/m0/s1. The summed E-state index contributed by atoms with van der Waals surface area (Å²) in [4.78, 5) is 13.1. The Kier molecular flexibility index (Phi) is 6.48. The lowest BCUT2D eigenvalue weighted by Crippen LogP contribution is -2.29. The molecule has 1 fully saturated rings. The highest BCUT2D eigenvalue weighted by molar-refractivity contribution is 5.87. The number of halogens is 2. The van der Waals surface area contributed by atoms with E-state index in [2.05, 4.69) is 25.6 Å². The molecule has 0 spiro atoms. The van der Waals surface area contributed by atoms with Gasteiger partial charge in [-0.2, -0.15) is 0 Å². The van der Waals surface area contributed by atoms with E-state index in [0.29, 0.717) is 25.1 Å². The normalized spacial score (nSPS) is 22.3. The van der Waals surface area contributed by atoms with Crippen molar-refractivity contribution >= 4 is 33.6 Å². The summed E-state index contributed by atoms with van der Waals surface area (Å²) in [6, 6.07) is 11.1. The number of aryl methyl sites for hydroxylation is 1. The second kappa shape index (κ2) is 9.71. The molecule has 1 aliphatic carbocycles. The van der Waals surface area contributed by atoms with Crippen LogP contribution in [0.3, 0.4) is 0 Å². The number of anilines is 2. The molecule has 4 atom stereocenters. The molecule has 184 valence electrons. The van der Waals surface area contributed by atoms with Crippen LogP contribution in [0.15, 0.2) is 48.9 Å². The number of aromatic nitrogens is 4. The number of alkyl halides is 2. The van der Waals surface area contributed by atoms with E-state index in [4.69, 9.17) is 0 Å². The maximum atomic E-state index is 12.5. The SMILES string of the molecule is CNc1ncnc2c1ccn2[C@@H]1C[C@H](CCc2ccc3ccc(NCC(F)F)nc3c2)[C@@H](O)[C@H]1O. The molecule has 1 saturated carbocycles. The van der Waals surface area contributed by atoms with Crippen molar-refractivity contribution < 1.29 is 19.0 Å². The Morgan fingerprint density at radius 3 is 2.74 bits per heavy atom. The maximum Gasteiger partial charge on any atom is 0.255 e. The number of hydrogen-bond acceptors (Lipinski definition) is 7. The Bertz CT molecular complexity index is 1330. The van der Waals surface area contributed by atoms with Crippen molar-refractivity contribution in [1.82, 2.24) is 19.5 Å². The third kappa shape index (κ3) is 4.63. The quantitative estimate of drug-likeness (QED) is 0.304. The molecular formula is C25H28F2N6O2. The topological polar surface area (TPSA) is 108 Å². The van der Waals surface area contributed by atoms with E-state index in [1.807, 2.05) is 41.1 Å². The van der Waals surface area contributed by atoms with Crippen LogP contribution in [-0.4, -0.2) is 62.0 Å². The van der Waals surface area contributed by atoms with Crippen LogP contribution in [0.5, 0.6) is 0 Å². The van der Waals surface area contributed by atoms with Crippen molar-refractivity contribution in [2.45, 2.75) is 43.9 Å². The first kappa shape index (κ1) is 23.4. The van der Waals surface area contributed by atoms with Crippen LogP contribution in [0.25, 0.3) is 21.9 Å². The van der Waals surface area contributed by atoms with Gasteiger partial charge in [-0.1, -0.05) is 12.1 Å². The molecule has 4 N–H and O–H groups in total. The van der Waals surface area contributed by atoms with E-state index in [1.165, 1.54) is 6.33 Å². The summed E-state index contributed by atoms with van der Waals surface area (Å²) >= 11 is 0. The summed E-state index contributed by atoms with van der Waals surface area (Å²) in [6.07, 6.45) is 1.21. The fourth-order valence-electron chi connectivity index (χ4n) is 5.05. The Hall–Kier alpha value is -3.37. The number of rotatable bonds is 8. The number of nitrogens with zero attached hydrogens (tertiary/aromatic N) is 4. The molecule has 0 amide bonds. The number of fused-ring (bicyclic) bond motifs is 2. The zero-order valence-corrected chi connectivity index (χ0v) is 19.3. The first-order valence-corrected chi connectivity index (χ1v) is 11.7. The largest absolute Gasteiger partial charge is 0.390 e. The van der Waals surface area contributed by atoms with Crippen molar-refractivity contribution in [3.63, 3.8) is 0 Å². The summed E-state index contributed by atoms with van der Waals surface area (Å²) < 4.78 is 26.9. The average molecular weight is 483 g/mol. The van der Waals surface area contributed by atoms with E-state index in [9.17, 15) is 19.0 Å². The molecule has 5 rings (SSSR count). The lowest BCUT2D eigenvalue weighted by molar-refractivity contribution is 0.00545. The van der Waals surface area contributed by atoms with Gasteiger partial charge in [-0.25, -0.2) is 23.7 Å². The minimum absolute atomic E-state index is 0.0826. The molecule has 0 aliphatic heterocycles. The lowest BCUT2D eigenvalue weighted by atomic mass is 9.95. The van der Waals surface area contributed by atoms with Gasteiger partial charge in [0.15, 0.2) is 0 Å². The van der Waals surface area contributed by atoms with Gasteiger partial charge in [0.25, 0.3) is 6.43 Å². The summed E-state index contributed by atoms with van der Waals surface area (Å²) in [5, 5.41) is 29.1. The van der Waals surface area contributed by atoms with E-state index in [0.717, 1.165) is 33.3 Å². The van der Waals surface area contributed by atoms with Crippen LogP contribution in [0.2, 0.25) is 0 Å². The van der Waals surface area contributed by atoms with Crippen molar-refractivity contribution in [3.05, 3.63) is 54.5 Å². The van der Waals surface area contributed by atoms with Gasteiger partial charge in [-0.15, -0.1) is 0 Å². The Morgan fingerprint density at radius 2 is 1.94 bits per heavy atom. The molecule has 3 aromatic heterocycles. The van der Waals surface area contributed by atoms with E-state index < -0.39 is 25.2 Å². The summed E-state index contributed by atoms with van der Waals surface area (Å²) in [7, 11) is 1.80. The Labute approximate surface area is 201 Å². The van der Waals surface area contributed by atoms with Gasteiger partial charge in [0.2, 0.25) is 0 Å². The minimum Gasteiger partial charge on any atom is -0.390 e. The highest BCUT2D eigenvalue weighted by atomic mass is 19.3. The molecular weight excluding hydrogens is 454 g/mol. The van der Waals surface area contributed by atoms with Gasteiger partial charge in [-0.05, 0) is 55.0 Å². The van der Waals surface area contributed by atoms with Crippen LogP contribution < -0.4 is 10.6 Å². The highest BCUT2D eigenvalue weighted by Crippen LogP contribution is 2.39. The van der Waals surface area contributed by atoms with Crippen LogP contribution >= 0.6 is 0 Å². The molecule has 10 heteroatoms. The minimum atomic E-state index is -2.45. The van der Waals surface area contributed by atoms with Crippen LogP contribution in [0, 0.1) is 5.92 Å². The molecule has 8 nitrogen and oxygen atoms in total. The number of pyridine rings is 1. The lowest BCUT2D eigenvalue weighted by Gasteiger charge is -2.19. The summed E-state index contributed by atoms with van der Waals surface area (Å²) in [5.74, 6) is 1.05. The molecule has 0 radical (unpaired) electrons. The van der Waals surface area contributed by atoms with Crippen molar-refractivity contribution in [1.29, 1.82) is 0 Å². The summed E-state index contributed by atoms with van der Waals surface area (Å²) in [5.41, 5.74) is 2.49. The van der Waals surface area contributed by atoms with E-state index in [1.54, 1.807) is 13.1 Å². The van der Waals surface area contributed by atoms with Gasteiger partial charge in [0, 0.05) is 18.6 Å². The molecule has 0 saturated heterocycles. The van der Waals surface area contributed by atoms with E-state index >= 15 is 0 Å². The second-order valence-electron chi connectivity index (χ2n) is 9.01. The monoisotopic (exact) mass is 482 g/mol. The molecule has 1 aromatic carbocycles. The fourth-order valence-corrected chi connectivity index (χ4v) is 5.05. The second-order valence-corrected chi connectivity index (χ2v) is 9.01.